The first-order chi connectivity index (χ1) is 9.24. The van der Waals surface area contributed by atoms with E-state index in [4.69, 9.17) is 5.73 Å². The topological polar surface area (TPSA) is 72.9 Å². The van der Waals surface area contributed by atoms with Gasteiger partial charge in [0.05, 0.1) is 0 Å². The van der Waals surface area contributed by atoms with E-state index in [9.17, 15) is 4.79 Å². The Morgan fingerprint density at radius 1 is 1.32 bits per heavy atom. The molecular formula is C13H16N4OS. The van der Waals surface area contributed by atoms with Crippen LogP contribution in [0.4, 0.5) is 5.82 Å². The van der Waals surface area contributed by atoms with Crippen molar-refractivity contribution in [3.63, 3.8) is 0 Å². The average molecular weight is 276 g/mol. The molecule has 3 N–H and O–H groups in total. The lowest BCUT2D eigenvalue weighted by Gasteiger charge is -2.05. The van der Waals surface area contributed by atoms with Crippen LogP contribution in [0.2, 0.25) is 0 Å². The number of nitrogens with one attached hydrogen (secondary N) is 1. The molecule has 1 heterocycles. The summed E-state index contributed by atoms with van der Waals surface area (Å²) >= 11 is 1.72. The highest BCUT2D eigenvalue weighted by Crippen LogP contribution is 2.15. The van der Waals surface area contributed by atoms with Crippen LogP contribution >= 0.6 is 11.8 Å². The number of amides is 1. The van der Waals surface area contributed by atoms with Gasteiger partial charge in [-0.25, -0.2) is 0 Å². The van der Waals surface area contributed by atoms with Crippen molar-refractivity contribution in [1.29, 1.82) is 0 Å². The van der Waals surface area contributed by atoms with Crippen LogP contribution in [0.1, 0.15) is 0 Å². The quantitative estimate of drug-likeness (QED) is 0.617. The first-order valence-corrected chi connectivity index (χ1v) is 6.96. The van der Waals surface area contributed by atoms with Crippen LogP contribution in [0.15, 0.2) is 47.5 Å². The number of benzene rings is 1. The standard InChI is InChI=1S/C13H16N4OS/c14-12-6-8-17(16-12)10-13(18)15-7-9-19-11-4-2-1-3-5-11/h1-6,8H,7,9-10H2,(H2,14,16)(H,15,18). The van der Waals surface area contributed by atoms with Gasteiger partial charge in [0.15, 0.2) is 0 Å². The summed E-state index contributed by atoms with van der Waals surface area (Å²) in [6, 6.07) is 11.8. The van der Waals surface area contributed by atoms with E-state index < -0.39 is 0 Å². The van der Waals surface area contributed by atoms with E-state index in [1.54, 1.807) is 24.0 Å². The van der Waals surface area contributed by atoms with Crippen LogP contribution in [0, 0.1) is 0 Å². The molecular weight excluding hydrogens is 260 g/mol. The van der Waals surface area contributed by atoms with Crippen molar-refractivity contribution < 1.29 is 4.79 Å². The second-order valence-corrected chi connectivity index (χ2v) is 5.12. The van der Waals surface area contributed by atoms with Crippen LogP contribution in [0.3, 0.4) is 0 Å². The van der Waals surface area contributed by atoms with Crippen LogP contribution in [0.25, 0.3) is 0 Å². The normalized spacial score (nSPS) is 10.3. The zero-order valence-electron chi connectivity index (χ0n) is 10.5. The number of nitrogens with zero attached hydrogens (tertiary/aromatic N) is 2. The summed E-state index contributed by atoms with van der Waals surface area (Å²) in [5.41, 5.74) is 5.47. The Morgan fingerprint density at radius 2 is 2.11 bits per heavy atom. The summed E-state index contributed by atoms with van der Waals surface area (Å²) in [5.74, 6) is 1.21. The van der Waals surface area contributed by atoms with E-state index in [1.165, 1.54) is 9.58 Å². The maximum Gasteiger partial charge on any atom is 0.241 e. The molecule has 0 fully saturated rings. The molecule has 0 bridgehead atoms. The molecule has 0 aliphatic heterocycles. The summed E-state index contributed by atoms with van der Waals surface area (Å²) in [6.45, 7) is 0.836. The highest BCUT2D eigenvalue weighted by molar-refractivity contribution is 7.99. The van der Waals surface area contributed by atoms with Crippen molar-refractivity contribution in [1.82, 2.24) is 15.1 Å². The third kappa shape index (κ3) is 4.67. The van der Waals surface area contributed by atoms with Crippen molar-refractivity contribution in [2.24, 2.45) is 0 Å². The van der Waals surface area contributed by atoms with Gasteiger partial charge in [0.2, 0.25) is 5.91 Å². The monoisotopic (exact) mass is 276 g/mol. The Labute approximate surface area is 116 Å². The molecule has 100 valence electrons. The average Bonchev–Trinajstić information content (AvgIpc) is 2.81. The minimum atomic E-state index is -0.0586. The van der Waals surface area contributed by atoms with Crippen molar-refractivity contribution in [3.05, 3.63) is 42.6 Å². The number of rotatable bonds is 6. The molecule has 0 atom stereocenters. The molecule has 0 unspecified atom stereocenters. The summed E-state index contributed by atoms with van der Waals surface area (Å²) in [4.78, 5) is 12.8. The van der Waals surface area contributed by atoms with Crippen molar-refractivity contribution in [2.45, 2.75) is 11.4 Å². The zero-order chi connectivity index (χ0) is 13.5. The predicted molar refractivity (Wildman–Crippen MR) is 76.8 cm³/mol. The molecule has 0 aliphatic carbocycles. The molecule has 0 aliphatic rings. The Kier molecular flexibility index (Phi) is 4.85. The molecule has 6 heteroatoms. The molecule has 0 saturated carbocycles. The number of thioether (sulfide) groups is 1. The fourth-order valence-electron chi connectivity index (χ4n) is 1.54. The van der Waals surface area contributed by atoms with Gasteiger partial charge in [-0.2, -0.15) is 5.10 Å². The lowest BCUT2D eigenvalue weighted by Crippen LogP contribution is -2.29. The largest absolute Gasteiger partial charge is 0.382 e. The van der Waals surface area contributed by atoms with E-state index in [2.05, 4.69) is 22.5 Å². The third-order valence-corrected chi connectivity index (χ3v) is 3.42. The first-order valence-electron chi connectivity index (χ1n) is 5.97. The molecule has 1 aromatic carbocycles. The fourth-order valence-corrected chi connectivity index (χ4v) is 2.33. The first kappa shape index (κ1) is 13.5. The Bertz CT molecular complexity index is 526. The molecule has 2 aromatic rings. The summed E-state index contributed by atoms with van der Waals surface area (Å²) in [7, 11) is 0. The van der Waals surface area contributed by atoms with E-state index in [-0.39, 0.29) is 12.5 Å². The summed E-state index contributed by atoms with van der Waals surface area (Å²) in [6.07, 6.45) is 1.69. The second kappa shape index (κ2) is 6.84. The number of anilines is 1. The summed E-state index contributed by atoms with van der Waals surface area (Å²) < 4.78 is 1.52. The highest BCUT2D eigenvalue weighted by atomic mass is 32.2. The number of hydrogen-bond donors (Lipinski definition) is 2. The van der Waals surface area contributed by atoms with Gasteiger partial charge in [-0.1, -0.05) is 18.2 Å². The van der Waals surface area contributed by atoms with Gasteiger partial charge in [0, 0.05) is 23.4 Å². The van der Waals surface area contributed by atoms with Crippen molar-refractivity contribution in [2.75, 3.05) is 18.0 Å². The zero-order valence-corrected chi connectivity index (χ0v) is 11.3. The van der Waals surface area contributed by atoms with Gasteiger partial charge < -0.3 is 11.1 Å². The Hall–Kier alpha value is -1.95. The number of hydrogen-bond acceptors (Lipinski definition) is 4. The van der Waals surface area contributed by atoms with E-state index in [1.807, 2.05) is 18.2 Å². The number of nitrogen functional groups attached to an aromatic ring is 1. The highest BCUT2D eigenvalue weighted by Gasteiger charge is 2.03. The van der Waals surface area contributed by atoms with Gasteiger partial charge in [-0.15, -0.1) is 11.8 Å². The Morgan fingerprint density at radius 3 is 2.79 bits per heavy atom. The Balaban J connectivity index is 1.64. The second-order valence-electron chi connectivity index (χ2n) is 3.95. The number of carbonyl (C=O) groups excluding carboxylic acids is 1. The maximum absolute atomic E-state index is 11.6. The fraction of sp³-hybridized carbons (Fsp3) is 0.231. The smallest absolute Gasteiger partial charge is 0.241 e. The molecule has 5 nitrogen and oxygen atoms in total. The van der Waals surface area contributed by atoms with E-state index in [0.717, 1.165) is 5.75 Å². The maximum atomic E-state index is 11.6. The molecule has 19 heavy (non-hydrogen) atoms. The molecule has 1 aromatic heterocycles. The van der Waals surface area contributed by atoms with Crippen molar-refractivity contribution in [3.8, 4) is 0 Å². The SMILES string of the molecule is Nc1ccn(CC(=O)NCCSc2ccccc2)n1. The number of carbonyl (C=O) groups is 1. The van der Waals surface area contributed by atoms with Crippen LogP contribution in [-0.2, 0) is 11.3 Å². The van der Waals surface area contributed by atoms with E-state index >= 15 is 0 Å². The molecule has 1 amide bonds. The minimum Gasteiger partial charge on any atom is -0.382 e. The van der Waals surface area contributed by atoms with Gasteiger partial charge in [-0.3, -0.25) is 9.48 Å². The molecule has 0 spiro atoms. The van der Waals surface area contributed by atoms with Crippen LogP contribution in [0.5, 0.6) is 0 Å². The number of aromatic nitrogens is 2. The third-order valence-electron chi connectivity index (χ3n) is 2.40. The van der Waals surface area contributed by atoms with Crippen LogP contribution < -0.4 is 11.1 Å². The predicted octanol–water partition coefficient (Wildman–Crippen LogP) is 1.37. The summed E-state index contributed by atoms with van der Waals surface area (Å²) in [5, 5.41) is 6.80. The minimum absolute atomic E-state index is 0.0586. The van der Waals surface area contributed by atoms with E-state index in [0.29, 0.717) is 12.4 Å². The number of nitrogens with two attached hydrogens (primary N) is 1. The van der Waals surface area contributed by atoms with Crippen LogP contribution in [-0.4, -0.2) is 28.0 Å². The molecule has 0 saturated heterocycles. The molecule has 2 rings (SSSR count). The van der Waals surface area contributed by atoms with Gasteiger partial charge in [0.1, 0.15) is 12.4 Å². The lowest BCUT2D eigenvalue weighted by atomic mass is 10.4. The van der Waals surface area contributed by atoms with Gasteiger partial charge in [-0.05, 0) is 18.2 Å². The van der Waals surface area contributed by atoms with Gasteiger partial charge >= 0.3 is 0 Å². The van der Waals surface area contributed by atoms with Gasteiger partial charge in [0.25, 0.3) is 0 Å². The van der Waals surface area contributed by atoms with Crippen molar-refractivity contribution >= 4 is 23.5 Å². The molecule has 0 radical (unpaired) electrons. The lowest BCUT2D eigenvalue weighted by molar-refractivity contribution is -0.121.